The number of carbonyl (C=O) groups excluding carboxylic acids is 2. The molecule has 2 aromatic carbocycles. The Hall–Kier alpha value is -3.15. The van der Waals surface area contributed by atoms with Crippen molar-refractivity contribution < 1.29 is 14.7 Å². The van der Waals surface area contributed by atoms with Crippen molar-refractivity contribution in [1.82, 2.24) is 4.90 Å². The molecule has 0 saturated carbocycles. The summed E-state index contributed by atoms with van der Waals surface area (Å²) in [6.07, 6.45) is 0.676. The molecule has 6 nitrogen and oxygen atoms in total. The number of phenolic OH excluding ortho intramolecular Hbond substituents is 1. The van der Waals surface area contributed by atoms with E-state index in [2.05, 4.69) is 5.32 Å². The summed E-state index contributed by atoms with van der Waals surface area (Å²) in [5, 5.41) is 20.3. The molecular weight excluding hydrogens is 342 g/mol. The van der Waals surface area contributed by atoms with E-state index >= 15 is 0 Å². The van der Waals surface area contributed by atoms with Crippen molar-refractivity contribution in [2.24, 2.45) is 0 Å². The van der Waals surface area contributed by atoms with Gasteiger partial charge in [0, 0.05) is 37.8 Å². The molecule has 0 saturated heterocycles. The summed E-state index contributed by atoms with van der Waals surface area (Å²) >= 11 is 0. The second-order valence-electron chi connectivity index (χ2n) is 6.63. The van der Waals surface area contributed by atoms with Crippen molar-refractivity contribution >= 4 is 23.2 Å². The molecule has 0 fully saturated rings. The monoisotopic (exact) mass is 367 g/mol. The Balaban J connectivity index is 1.92. The van der Waals surface area contributed by atoms with Crippen LogP contribution in [0, 0.1) is 5.41 Å². The van der Waals surface area contributed by atoms with Gasteiger partial charge in [-0.25, -0.2) is 0 Å². The van der Waals surface area contributed by atoms with Crippen LogP contribution in [0.25, 0.3) is 0 Å². The lowest BCUT2D eigenvalue weighted by molar-refractivity contribution is -0.129. The first-order chi connectivity index (χ1) is 12.8. The lowest BCUT2D eigenvalue weighted by Gasteiger charge is -2.23. The molecule has 0 aliphatic rings. The molecule has 0 aromatic heterocycles. The van der Waals surface area contributed by atoms with E-state index in [1.165, 1.54) is 6.92 Å². The van der Waals surface area contributed by atoms with Crippen molar-refractivity contribution in [3.05, 3.63) is 59.7 Å². The minimum absolute atomic E-state index is 0.0259. The fourth-order valence-corrected chi connectivity index (χ4v) is 2.62. The van der Waals surface area contributed by atoms with Crippen LogP contribution in [-0.4, -0.2) is 40.6 Å². The molecule has 0 bridgehead atoms. The number of phenols is 1. The smallest absolute Gasteiger partial charge is 0.228 e. The SMILES string of the molecule is CC(=O)N(C)C(C)CC(=N)c1ccc(NC(=O)Cc2ccc(O)cc2)cc1. The molecule has 0 spiro atoms. The second kappa shape index (κ2) is 8.98. The van der Waals surface area contributed by atoms with Gasteiger partial charge in [-0.05, 0) is 42.3 Å². The number of hydrogen-bond acceptors (Lipinski definition) is 4. The van der Waals surface area contributed by atoms with E-state index in [0.717, 1.165) is 11.1 Å². The average Bonchev–Trinajstić information content (AvgIpc) is 2.63. The van der Waals surface area contributed by atoms with Crippen LogP contribution in [-0.2, 0) is 16.0 Å². The molecule has 6 heteroatoms. The predicted molar refractivity (Wildman–Crippen MR) is 106 cm³/mol. The number of nitrogens with one attached hydrogen (secondary N) is 2. The van der Waals surface area contributed by atoms with Gasteiger partial charge in [0.25, 0.3) is 0 Å². The van der Waals surface area contributed by atoms with Crippen LogP contribution in [0.4, 0.5) is 5.69 Å². The number of amides is 2. The highest BCUT2D eigenvalue weighted by molar-refractivity contribution is 5.99. The highest BCUT2D eigenvalue weighted by Gasteiger charge is 2.15. The summed E-state index contributed by atoms with van der Waals surface area (Å²) in [4.78, 5) is 25.1. The summed E-state index contributed by atoms with van der Waals surface area (Å²) in [7, 11) is 1.73. The normalized spacial score (nSPS) is 11.5. The number of benzene rings is 2. The van der Waals surface area contributed by atoms with Crippen molar-refractivity contribution in [2.75, 3.05) is 12.4 Å². The highest BCUT2D eigenvalue weighted by atomic mass is 16.3. The number of rotatable bonds is 7. The average molecular weight is 367 g/mol. The minimum atomic E-state index is -0.153. The van der Waals surface area contributed by atoms with Crippen LogP contribution in [0.3, 0.4) is 0 Å². The molecule has 2 rings (SSSR count). The maximum Gasteiger partial charge on any atom is 0.228 e. The Kier molecular flexibility index (Phi) is 6.71. The molecule has 27 heavy (non-hydrogen) atoms. The van der Waals surface area contributed by atoms with Gasteiger partial charge < -0.3 is 20.7 Å². The molecule has 3 N–H and O–H groups in total. The molecule has 0 aliphatic heterocycles. The predicted octanol–water partition coefficient (Wildman–Crippen LogP) is 3.20. The summed E-state index contributed by atoms with van der Waals surface area (Å²) in [5.41, 5.74) is 2.67. The molecule has 0 radical (unpaired) electrons. The van der Waals surface area contributed by atoms with Gasteiger partial charge in [0.1, 0.15) is 5.75 Å². The summed E-state index contributed by atoms with van der Waals surface area (Å²) in [6, 6.07) is 13.6. The molecule has 0 heterocycles. The number of hydrogen-bond donors (Lipinski definition) is 3. The first kappa shape index (κ1) is 20.2. The van der Waals surface area contributed by atoms with Crippen LogP contribution >= 0.6 is 0 Å². The lowest BCUT2D eigenvalue weighted by Crippen LogP contribution is -2.34. The van der Waals surface area contributed by atoms with Crippen LogP contribution in [0.5, 0.6) is 5.75 Å². The largest absolute Gasteiger partial charge is 0.508 e. The zero-order valence-electron chi connectivity index (χ0n) is 15.8. The third kappa shape index (κ3) is 5.95. The van der Waals surface area contributed by atoms with Gasteiger partial charge in [0.05, 0.1) is 6.42 Å². The van der Waals surface area contributed by atoms with Crippen molar-refractivity contribution in [1.29, 1.82) is 5.41 Å². The third-order valence-electron chi connectivity index (χ3n) is 4.48. The van der Waals surface area contributed by atoms with Gasteiger partial charge >= 0.3 is 0 Å². The first-order valence-electron chi connectivity index (χ1n) is 8.75. The van der Waals surface area contributed by atoms with E-state index in [0.29, 0.717) is 17.8 Å². The standard InChI is InChI=1S/C21H25N3O3/c1-14(24(3)15(2)25)12-20(22)17-6-8-18(9-7-17)23-21(27)13-16-4-10-19(26)11-5-16/h4-11,14,22,26H,12-13H2,1-3H3,(H,23,27). The topological polar surface area (TPSA) is 93.5 Å². The summed E-state index contributed by atoms with van der Waals surface area (Å²) < 4.78 is 0. The number of nitrogens with zero attached hydrogens (tertiary/aromatic N) is 1. The zero-order chi connectivity index (χ0) is 20.0. The maximum atomic E-state index is 12.1. The van der Waals surface area contributed by atoms with Crippen LogP contribution in [0.2, 0.25) is 0 Å². The Morgan fingerprint density at radius 3 is 2.26 bits per heavy atom. The van der Waals surface area contributed by atoms with Crippen molar-refractivity contribution in [2.45, 2.75) is 32.7 Å². The molecule has 1 atom stereocenters. The van der Waals surface area contributed by atoms with Gasteiger partial charge in [-0.15, -0.1) is 0 Å². The van der Waals surface area contributed by atoms with Gasteiger partial charge in [-0.2, -0.15) is 0 Å². The van der Waals surface area contributed by atoms with E-state index in [-0.39, 0.29) is 30.0 Å². The van der Waals surface area contributed by atoms with Crippen LogP contribution in [0.15, 0.2) is 48.5 Å². The third-order valence-corrected chi connectivity index (χ3v) is 4.48. The minimum Gasteiger partial charge on any atom is -0.508 e. The quantitative estimate of drug-likeness (QED) is 0.656. The van der Waals surface area contributed by atoms with Gasteiger partial charge in [-0.3, -0.25) is 9.59 Å². The fourth-order valence-electron chi connectivity index (χ4n) is 2.62. The Bertz CT molecular complexity index is 814. The van der Waals surface area contributed by atoms with Gasteiger partial charge in [0.15, 0.2) is 0 Å². The second-order valence-corrected chi connectivity index (χ2v) is 6.63. The summed E-state index contributed by atoms with van der Waals surface area (Å²) in [5.74, 6) is -0.0109. The molecule has 0 aliphatic carbocycles. The van der Waals surface area contributed by atoms with Crippen LogP contribution < -0.4 is 5.32 Å². The van der Waals surface area contributed by atoms with Gasteiger partial charge in [-0.1, -0.05) is 24.3 Å². The number of carbonyl (C=O) groups is 2. The van der Waals surface area contributed by atoms with Crippen LogP contribution in [0.1, 0.15) is 31.4 Å². The molecule has 2 aromatic rings. The Morgan fingerprint density at radius 2 is 1.70 bits per heavy atom. The van der Waals surface area contributed by atoms with E-state index < -0.39 is 0 Å². The van der Waals surface area contributed by atoms with Crippen molar-refractivity contribution in [3.63, 3.8) is 0 Å². The van der Waals surface area contributed by atoms with E-state index in [1.54, 1.807) is 60.5 Å². The molecular formula is C21H25N3O3. The fraction of sp³-hybridized carbons (Fsp3) is 0.286. The number of anilines is 1. The highest BCUT2D eigenvalue weighted by Crippen LogP contribution is 2.15. The number of aromatic hydroxyl groups is 1. The maximum absolute atomic E-state index is 12.1. The summed E-state index contributed by atoms with van der Waals surface area (Å²) in [6.45, 7) is 3.42. The Labute approximate surface area is 159 Å². The molecule has 142 valence electrons. The first-order valence-corrected chi connectivity index (χ1v) is 8.75. The zero-order valence-corrected chi connectivity index (χ0v) is 15.8. The van der Waals surface area contributed by atoms with E-state index in [1.807, 2.05) is 6.92 Å². The van der Waals surface area contributed by atoms with Gasteiger partial charge in [0.2, 0.25) is 11.8 Å². The lowest BCUT2D eigenvalue weighted by atomic mass is 10.0. The van der Waals surface area contributed by atoms with E-state index in [9.17, 15) is 14.7 Å². The molecule has 2 amide bonds. The Morgan fingerprint density at radius 1 is 1.11 bits per heavy atom. The molecule has 1 unspecified atom stereocenters. The van der Waals surface area contributed by atoms with E-state index in [4.69, 9.17) is 5.41 Å². The van der Waals surface area contributed by atoms with Crippen molar-refractivity contribution in [3.8, 4) is 5.75 Å².